The Hall–Kier alpha value is -2.54. The van der Waals surface area contributed by atoms with Crippen molar-refractivity contribution in [2.24, 2.45) is 0 Å². The van der Waals surface area contributed by atoms with E-state index in [1.54, 1.807) is 0 Å². The number of anilines is 1. The fourth-order valence-corrected chi connectivity index (χ4v) is 3.39. The predicted octanol–water partition coefficient (Wildman–Crippen LogP) is 3.75. The molecule has 1 heterocycles. The molecule has 0 spiro atoms. The number of hydrogen-bond donors (Lipinski definition) is 2. The number of alkyl halides is 3. The number of benzene rings is 2. The maximum absolute atomic E-state index is 12.8. The SMILES string of the molecule is C[C](NC(=O)[C]1CNC[C@@H]1c1ccc(C(F)(F)F)cc1)c1ccc(N(C)C)cc1. The van der Waals surface area contributed by atoms with Gasteiger partial charge in [-0.15, -0.1) is 0 Å². The Bertz CT molecular complexity index is 832. The average Bonchev–Trinajstić information content (AvgIpc) is 3.17. The molecule has 1 aliphatic rings. The van der Waals surface area contributed by atoms with Gasteiger partial charge in [-0.05, 0) is 42.3 Å². The van der Waals surface area contributed by atoms with E-state index < -0.39 is 11.7 Å². The molecule has 1 saturated heterocycles. The summed E-state index contributed by atoms with van der Waals surface area (Å²) in [5.41, 5.74) is 1.97. The van der Waals surface area contributed by atoms with Crippen LogP contribution < -0.4 is 15.5 Å². The molecule has 0 bridgehead atoms. The molecule has 29 heavy (non-hydrogen) atoms. The van der Waals surface area contributed by atoms with Crippen LogP contribution in [0, 0.1) is 12.0 Å². The number of nitrogens with one attached hydrogen (secondary N) is 2. The third-order valence-electron chi connectivity index (χ3n) is 5.13. The minimum atomic E-state index is -4.37. The lowest BCUT2D eigenvalue weighted by molar-refractivity contribution is -0.137. The van der Waals surface area contributed by atoms with Crippen molar-refractivity contribution in [3.05, 3.63) is 77.2 Å². The minimum absolute atomic E-state index is 0.214. The van der Waals surface area contributed by atoms with Crippen molar-refractivity contribution in [3.63, 3.8) is 0 Å². The van der Waals surface area contributed by atoms with E-state index in [0.717, 1.165) is 29.4 Å². The fraction of sp³-hybridized carbons (Fsp3) is 0.318. The fourth-order valence-electron chi connectivity index (χ4n) is 3.39. The van der Waals surface area contributed by atoms with Gasteiger partial charge in [-0.25, -0.2) is 0 Å². The molecule has 2 aromatic rings. The number of amides is 1. The number of halogens is 3. The summed E-state index contributed by atoms with van der Waals surface area (Å²) in [4.78, 5) is 14.8. The highest BCUT2D eigenvalue weighted by Gasteiger charge is 2.36. The van der Waals surface area contributed by atoms with Crippen molar-refractivity contribution in [2.75, 3.05) is 32.1 Å². The van der Waals surface area contributed by atoms with Crippen LogP contribution in [0.2, 0.25) is 0 Å². The summed E-state index contributed by atoms with van der Waals surface area (Å²) in [6, 6.07) is 13.6. The van der Waals surface area contributed by atoms with E-state index in [9.17, 15) is 18.0 Å². The first-order valence-corrected chi connectivity index (χ1v) is 9.33. The number of nitrogens with zero attached hydrogens (tertiary/aromatic N) is 1. The van der Waals surface area contributed by atoms with Crippen LogP contribution in [0.1, 0.15) is 29.5 Å². The monoisotopic (exact) mass is 403 g/mol. The Morgan fingerprint density at radius 2 is 1.69 bits per heavy atom. The topological polar surface area (TPSA) is 44.4 Å². The van der Waals surface area contributed by atoms with Gasteiger partial charge in [-0.2, -0.15) is 13.2 Å². The molecule has 4 nitrogen and oxygen atoms in total. The van der Waals surface area contributed by atoms with Gasteiger partial charge < -0.3 is 15.5 Å². The second kappa shape index (κ2) is 8.45. The van der Waals surface area contributed by atoms with Crippen LogP contribution in [0.5, 0.6) is 0 Å². The van der Waals surface area contributed by atoms with Crippen LogP contribution in [-0.2, 0) is 11.0 Å². The van der Waals surface area contributed by atoms with E-state index in [0.29, 0.717) is 24.6 Å². The number of rotatable bonds is 5. The molecule has 0 aliphatic carbocycles. The van der Waals surface area contributed by atoms with E-state index in [1.807, 2.05) is 50.2 Å². The van der Waals surface area contributed by atoms with Gasteiger partial charge in [0.15, 0.2) is 0 Å². The number of carbonyl (C=O) groups is 1. The Kier molecular flexibility index (Phi) is 6.17. The van der Waals surface area contributed by atoms with Crippen molar-refractivity contribution >= 4 is 11.6 Å². The predicted molar refractivity (Wildman–Crippen MR) is 107 cm³/mol. The van der Waals surface area contributed by atoms with Gasteiger partial charge >= 0.3 is 6.18 Å². The van der Waals surface area contributed by atoms with Gasteiger partial charge in [0.25, 0.3) is 0 Å². The largest absolute Gasteiger partial charge is 0.416 e. The lowest BCUT2D eigenvalue weighted by Crippen LogP contribution is -2.35. The van der Waals surface area contributed by atoms with Crippen molar-refractivity contribution in [1.29, 1.82) is 0 Å². The lowest BCUT2D eigenvalue weighted by atomic mass is 9.87. The molecule has 1 aliphatic heterocycles. The standard InChI is InChI=1S/C22H24F3N3O/c1-14(15-6-10-18(11-7-15)28(2)3)27-21(29)20-13-26-12-19(20)16-4-8-17(9-5-16)22(23,24)25/h4-11,19,26H,12-13H2,1-3H3,(H,27,29)/t19-/m1/s1. The Labute approximate surface area is 169 Å². The lowest BCUT2D eigenvalue weighted by Gasteiger charge is -2.21. The zero-order valence-corrected chi connectivity index (χ0v) is 16.6. The number of carbonyl (C=O) groups excluding carboxylic acids is 1. The quantitative estimate of drug-likeness (QED) is 0.799. The molecule has 2 aromatic carbocycles. The summed E-state index contributed by atoms with van der Waals surface area (Å²) in [7, 11) is 3.91. The molecule has 7 heteroatoms. The van der Waals surface area contributed by atoms with E-state index in [2.05, 4.69) is 10.6 Å². The van der Waals surface area contributed by atoms with Gasteiger partial charge in [-0.1, -0.05) is 24.3 Å². The summed E-state index contributed by atoms with van der Waals surface area (Å²) in [6.45, 7) is 2.76. The summed E-state index contributed by atoms with van der Waals surface area (Å²) in [5, 5.41) is 6.07. The van der Waals surface area contributed by atoms with Crippen molar-refractivity contribution in [1.82, 2.24) is 10.6 Å². The van der Waals surface area contributed by atoms with E-state index in [-0.39, 0.29) is 11.8 Å². The second-order valence-electron chi connectivity index (χ2n) is 7.35. The van der Waals surface area contributed by atoms with Gasteiger partial charge in [0.1, 0.15) is 0 Å². The molecule has 2 radical (unpaired) electrons. The molecule has 1 amide bonds. The second-order valence-corrected chi connectivity index (χ2v) is 7.35. The zero-order chi connectivity index (χ0) is 21.2. The average molecular weight is 403 g/mol. The number of hydrogen-bond acceptors (Lipinski definition) is 3. The molecule has 0 unspecified atom stereocenters. The van der Waals surface area contributed by atoms with Crippen LogP contribution in [0.4, 0.5) is 18.9 Å². The van der Waals surface area contributed by atoms with Crippen LogP contribution in [0.25, 0.3) is 0 Å². The van der Waals surface area contributed by atoms with Gasteiger partial charge in [-0.3, -0.25) is 4.79 Å². The molecule has 154 valence electrons. The van der Waals surface area contributed by atoms with Crippen molar-refractivity contribution in [3.8, 4) is 0 Å². The molecule has 2 N–H and O–H groups in total. The Morgan fingerprint density at radius 1 is 1.07 bits per heavy atom. The van der Waals surface area contributed by atoms with Gasteiger partial charge in [0, 0.05) is 38.8 Å². The first-order valence-electron chi connectivity index (χ1n) is 9.33. The van der Waals surface area contributed by atoms with Crippen LogP contribution in [0.15, 0.2) is 48.5 Å². The van der Waals surface area contributed by atoms with Crippen molar-refractivity contribution < 1.29 is 18.0 Å². The van der Waals surface area contributed by atoms with Crippen LogP contribution >= 0.6 is 0 Å². The van der Waals surface area contributed by atoms with E-state index in [1.165, 1.54) is 12.1 Å². The molecular weight excluding hydrogens is 379 g/mol. The summed E-state index contributed by atoms with van der Waals surface area (Å²) < 4.78 is 38.4. The highest BCUT2D eigenvalue weighted by Crippen LogP contribution is 2.34. The normalized spacial score (nSPS) is 17.6. The molecule has 1 atom stereocenters. The molecule has 1 fully saturated rings. The molecule has 0 aromatic heterocycles. The third-order valence-corrected chi connectivity index (χ3v) is 5.13. The summed E-state index contributed by atoms with van der Waals surface area (Å²) >= 11 is 0. The van der Waals surface area contributed by atoms with E-state index in [4.69, 9.17) is 0 Å². The first kappa shape index (κ1) is 21.2. The Morgan fingerprint density at radius 3 is 2.24 bits per heavy atom. The maximum atomic E-state index is 12.8. The summed E-state index contributed by atoms with van der Waals surface area (Å²) in [5.74, 6) is 0.157. The van der Waals surface area contributed by atoms with Crippen molar-refractivity contribution in [2.45, 2.75) is 19.0 Å². The van der Waals surface area contributed by atoms with E-state index >= 15 is 0 Å². The third kappa shape index (κ3) is 4.90. The maximum Gasteiger partial charge on any atom is 0.416 e. The van der Waals surface area contributed by atoms with Gasteiger partial charge in [0.2, 0.25) is 5.91 Å². The molecular formula is C22H24F3N3O. The zero-order valence-electron chi connectivity index (χ0n) is 16.6. The Balaban J connectivity index is 1.68. The highest BCUT2D eigenvalue weighted by atomic mass is 19.4. The molecule has 0 saturated carbocycles. The van der Waals surface area contributed by atoms with Crippen LogP contribution in [0.3, 0.4) is 0 Å². The molecule has 3 rings (SSSR count). The van der Waals surface area contributed by atoms with Gasteiger partial charge in [0.05, 0.1) is 17.5 Å². The smallest absolute Gasteiger partial charge is 0.378 e. The minimum Gasteiger partial charge on any atom is -0.378 e. The highest BCUT2D eigenvalue weighted by molar-refractivity contribution is 5.93. The first-order chi connectivity index (χ1) is 13.7. The summed E-state index contributed by atoms with van der Waals surface area (Å²) in [6.07, 6.45) is -4.37. The van der Waals surface area contributed by atoms with Crippen LogP contribution in [-0.4, -0.2) is 33.1 Å².